The minimum atomic E-state index is -3.87. The van der Waals surface area contributed by atoms with Gasteiger partial charge in [-0.15, -0.1) is 0 Å². The first-order chi connectivity index (χ1) is 10.9. The van der Waals surface area contributed by atoms with E-state index in [9.17, 15) is 8.42 Å². The van der Waals surface area contributed by atoms with Crippen LogP contribution < -0.4 is 4.72 Å². The van der Waals surface area contributed by atoms with Crippen LogP contribution in [0.25, 0.3) is 10.9 Å². The molecule has 0 bridgehead atoms. The van der Waals surface area contributed by atoms with Crippen LogP contribution in [0.1, 0.15) is 5.56 Å². The normalized spacial score (nSPS) is 12.0. The van der Waals surface area contributed by atoms with Crippen molar-refractivity contribution in [3.8, 4) is 0 Å². The molecule has 8 heteroatoms. The van der Waals surface area contributed by atoms with Crippen LogP contribution in [0.5, 0.6) is 0 Å². The summed E-state index contributed by atoms with van der Waals surface area (Å²) in [5.74, 6) is 0. The van der Waals surface area contributed by atoms with Gasteiger partial charge in [0.2, 0.25) is 10.0 Å². The van der Waals surface area contributed by atoms with Crippen LogP contribution in [0.4, 0.5) is 0 Å². The summed E-state index contributed by atoms with van der Waals surface area (Å²) in [6.45, 7) is 0.118. The molecule has 0 radical (unpaired) electrons. The summed E-state index contributed by atoms with van der Waals surface area (Å²) in [6, 6.07) is 10.2. The molecule has 0 unspecified atom stereocenters. The molecule has 0 saturated carbocycles. The monoisotopic (exact) mass is 388 g/mol. The fourth-order valence-corrected chi connectivity index (χ4v) is 4.88. The molecule has 4 nitrogen and oxygen atoms in total. The molecule has 120 valence electrons. The van der Waals surface area contributed by atoms with E-state index in [-0.39, 0.29) is 26.5 Å². The van der Waals surface area contributed by atoms with Crippen LogP contribution in [0, 0.1) is 0 Å². The number of hydrogen-bond donors (Lipinski definition) is 2. The van der Waals surface area contributed by atoms with Gasteiger partial charge in [-0.1, -0.05) is 46.9 Å². The highest BCUT2D eigenvalue weighted by Gasteiger charge is 2.22. The summed E-state index contributed by atoms with van der Waals surface area (Å²) in [6.07, 6.45) is 1.80. The van der Waals surface area contributed by atoms with Crippen LogP contribution in [0.15, 0.2) is 47.5 Å². The summed E-state index contributed by atoms with van der Waals surface area (Å²) in [5, 5.41) is 1.18. The lowest BCUT2D eigenvalue weighted by Gasteiger charge is -2.11. The molecule has 0 saturated heterocycles. The van der Waals surface area contributed by atoms with Crippen molar-refractivity contribution in [2.75, 3.05) is 0 Å². The third-order valence-electron chi connectivity index (χ3n) is 3.37. The van der Waals surface area contributed by atoms with E-state index in [1.807, 2.05) is 24.3 Å². The maximum absolute atomic E-state index is 12.5. The van der Waals surface area contributed by atoms with Gasteiger partial charge in [-0.05, 0) is 29.8 Å². The lowest BCUT2D eigenvalue weighted by molar-refractivity contribution is 0.581. The zero-order valence-corrected chi connectivity index (χ0v) is 14.7. The van der Waals surface area contributed by atoms with Gasteiger partial charge < -0.3 is 4.98 Å². The van der Waals surface area contributed by atoms with Gasteiger partial charge in [0.05, 0.1) is 10.0 Å². The zero-order valence-electron chi connectivity index (χ0n) is 11.6. The summed E-state index contributed by atoms with van der Waals surface area (Å²) in [4.78, 5) is 2.90. The summed E-state index contributed by atoms with van der Waals surface area (Å²) in [7, 11) is -3.87. The average molecular weight is 390 g/mol. The number of aromatic amines is 1. The fraction of sp³-hybridized carbons (Fsp3) is 0.0667. The maximum Gasteiger partial charge on any atom is 0.243 e. The van der Waals surface area contributed by atoms with Crippen molar-refractivity contribution in [1.29, 1.82) is 0 Å². The predicted octanol–water partition coefficient (Wildman–Crippen LogP) is 4.61. The Kier molecular flexibility index (Phi) is 4.58. The molecule has 3 aromatic rings. The van der Waals surface area contributed by atoms with E-state index in [0.717, 1.165) is 16.5 Å². The second-order valence-electron chi connectivity index (χ2n) is 4.88. The third kappa shape index (κ3) is 3.34. The SMILES string of the molecule is O=S(=O)(NCc1cccc2[nH]ccc12)c1c(Cl)cc(Cl)cc1Cl. The zero-order chi connectivity index (χ0) is 16.6. The Balaban J connectivity index is 1.92. The molecule has 1 heterocycles. The first-order valence-electron chi connectivity index (χ1n) is 6.58. The van der Waals surface area contributed by atoms with Gasteiger partial charge in [-0.25, -0.2) is 13.1 Å². The topological polar surface area (TPSA) is 62.0 Å². The van der Waals surface area contributed by atoms with E-state index in [1.165, 1.54) is 12.1 Å². The number of halogens is 3. The fourth-order valence-electron chi connectivity index (χ4n) is 2.34. The van der Waals surface area contributed by atoms with Crippen molar-refractivity contribution in [3.05, 3.63) is 63.2 Å². The standard InChI is InChI=1S/C15H11Cl3N2O2S/c16-10-6-12(17)15(13(18)7-10)23(21,22)20-8-9-2-1-3-14-11(9)4-5-19-14/h1-7,19-20H,8H2. The Morgan fingerprint density at radius 3 is 2.43 bits per heavy atom. The Hall–Kier alpha value is -1.24. The summed E-state index contributed by atoms with van der Waals surface area (Å²) < 4.78 is 27.5. The average Bonchev–Trinajstić information content (AvgIpc) is 2.92. The second kappa shape index (κ2) is 6.34. The molecule has 0 aliphatic carbocycles. The van der Waals surface area contributed by atoms with Crippen LogP contribution >= 0.6 is 34.8 Å². The number of nitrogens with one attached hydrogen (secondary N) is 2. The number of rotatable bonds is 4. The number of aromatic nitrogens is 1. The van der Waals surface area contributed by atoms with E-state index in [2.05, 4.69) is 9.71 Å². The third-order valence-corrected chi connectivity index (χ3v) is 5.91. The van der Waals surface area contributed by atoms with E-state index < -0.39 is 10.0 Å². The van der Waals surface area contributed by atoms with E-state index in [4.69, 9.17) is 34.8 Å². The Labute approximate surface area is 148 Å². The minimum absolute atomic E-state index is 0.0187. The summed E-state index contributed by atoms with van der Waals surface area (Å²) in [5.41, 5.74) is 1.78. The Bertz CT molecular complexity index is 960. The molecule has 0 aliphatic rings. The lowest BCUT2D eigenvalue weighted by Crippen LogP contribution is -2.24. The molecule has 0 amide bonds. The predicted molar refractivity (Wildman–Crippen MR) is 93.8 cm³/mol. The molecule has 0 aliphatic heterocycles. The highest BCUT2D eigenvalue weighted by molar-refractivity contribution is 7.89. The lowest BCUT2D eigenvalue weighted by atomic mass is 10.1. The van der Waals surface area contributed by atoms with Crippen LogP contribution in [-0.2, 0) is 16.6 Å². The smallest absolute Gasteiger partial charge is 0.243 e. The molecular formula is C15H11Cl3N2O2S. The molecule has 3 rings (SSSR count). The Morgan fingerprint density at radius 2 is 1.74 bits per heavy atom. The number of benzene rings is 2. The molecule has 0 atom stereocenters. The summed E-state index contributed by atoms with van der Waals surface area (Å²) >= 11 is 17.8. The minimum Gasteiger partial charge on any atom is -0.361 e. The van der Waals surface area contributed by atoms with Crippen molar-refractivity contribution in [3.63, 3.8) is 0 Å². The van der Waals surface area contributed by atoms with Gasteiger partial charge >= 0.3 is 0 Å². The van der Waals surface area contributed by atoms with Crippen LogP contribution in [0.2, 0.25) is 15.1 Å². The number of fused-ring (bicyclic) bond motifs is 1. The molecule has 1 aromatic heterocycles. The largest absolute Gasteiger partial charge is 0.361 e. The van der Waals surface area contributed by atoms with Gasteiger partial charge in [0.25, 0.3) is 0 Å². The van der Waals surface area contributed by atoms with Gasteiger partial charge in [-0.2, -0.15) is 0 Å². The number of hydrogen-bond acceptors (Lipinski definition) is 2. The molecule has 0 spiro atoms. The van der Waals surface area contributed by atoms with Crippen molar-refractivity contribution in [1.82, 2.24) is 9.71 Å². The highest BCUT2D eigenvalue weighted by atomic mass is 35.5. The van der Waals surface area contributed by atoms with Crippen LogP contribution in [-0.4, -0.2) is 13.4 Å². The number of sulfonamides is 1. The van der Waals surface area contributed by atoms with Gasteiger partial charge in [-0.3, -0.25) is 0 Å². The Morgan fingerprint density at radius 1 is 1.04 bits per heavy atom. The number of H-pyrrole nitrogens is 1. The molecule has 23 heavy (non-hydrogen) atoms. The highest BCUT2D eigenvalue weighted by Crippen LogP contribution is 2.32. The first-order valence-corrected chi connectivity index (χ1v) is 9.19. The maximum atomic E-state index is 12.5. The van der Waals surface area contributed by atoms with Crippen molar-refractivity contribution in [2.45, 2.75) is 11.4 Å². The van der Waals surface area contributed by atoms with Crippen molar-refractivity contribution >= 4 is 55.7 Å². The van der Waals surface area contributed by atoms with Crippen molar-refractivity contribution < 1.29 is 8.42 Å². The van der Waals surface area contributed by atoms with E-state index >= 15 is 0 Å². The van der Waals surface area contributed by atoms with Crippen LogP contribution in [0.3, 0.4) is 0 Å². The molecule has 2 aromatic carbocycles. The van der Waals surface area contributed by atoms with E-state index in [1.54, 1.807) is 6.20 Å². The molecule has 2 N–H and O–H groups in total. The second-order valence-corrected chi connectivity index (χ2v) is 7.83. The van der Waals surface area contributed by atoms with Gasteiger partial charge in [0.1, 0.15) is 4.90 Å². The van der Waals surface area contributed by atoms with Gasteiger partial charge in [0.15, 0.2) is 0 Å². The molecular weight excluding hydrogens is 379 g/mol. The first kappa shape index (κ1) is 16.6. The van der Waals surface area contributed by atoms with E-state index in [0.29, 0.717) is 0 Å². The van der Waals surface area contributed by atoms with Gasteiger partial charge in [0, 0.05) is 28.7 Å². The molecule has 0 fully saturated rings. The quantitative estimate of drug-likeness (QED) is 0.684. The van der Waals surface area contributed by atoms with Crippen molar-refractivity contribution in [2.24, 2.45) is 0 Å².